The summed E-state index contributed by atoms with van der Waals surface area (Å²) in [6.45, 7) is 3.84. The number of benzene rings is 1. The van der Waals surface area contributed by atoms with Gasteiger partial charge in [0.2, 0.25) is 5.91 Å². The number of hydrogen-bond acceptors (Lipinski definition) is 5. The Morgan fingerprint density at radius 3 is 2.90 bits per heavy atom. The highest BCUT2D eigenvalue weighted by molar-refractivity contribution is 6.00. The summed E-state index contributed by atoms with van der Waals surface area (Å²) in [6.07, 6.45) is 7.87. The van der Waals surface area contributed by atoms with Crippen LogP contribution >= 0.6 is 0 Å². The van der Waals surface area contributed by atoms with Crippen molar-refractivity contribution in [2.24, 2.45) is 17.8 Å². The maximum Gasteiger partial charge on any atom is 0.230 e. The number of ether oxygens (including phenoxy) is 1. The Morgan fingerprint density at radius 1 is 1.10 bits per heavy atom. The van der Waals surface area contributed by atoms with Gasteiger partial charge in [-0.2, -0.15) is 0 Å². The smallest absolute Gasteiger partial charge is 0.230 e. The average molecular weight is 419 g/mol. The van der Waals surface area contributed by atoms with Gasteiger partial charge in [0, 0.05) is 36.5 Å². The Balaban J connectivity index is 1.39. The van der Waals surface area contributed by atoms with Crippen LogP contribution in [-0.4, -0.2) is 37.2 Å². The number of nitrogens with one attached hydrogen (secondary N) is 1. The molecule has 6 heteroatoms. The minimum Gasteiger partial charge on any atom is -0.378 e. The molecule has 6 nitrogen and oxygen atoms in total. The van der Waals surface area contributed by atoms with E-state index in [4.69, 9.17) is 4.74 Å². The van der Waals surface area contributed by atoms with Gasteiger partial charge in [0.05, 0.1) is 31.1 Å². The molecule has 0 spiro atoms. The number of nitrogens with zero attached hydrogens (tertiary/aromatic N) is 3. The maximum absolute atomic E-state index is 14.0. The second-order valence-electron chi connectivity index (χ2n) is 9.40. The first-order chi connectivity index (χ1) is 15.3. The first-order valence-electron chi connectivity index (χ1n) is 11.8. The Kier molecular flexibility index (Phi) is 4.82. The number of rotatable bonds is 2. The number of anilines is 4. The summed E-state index contributed by atoms with van der Waals surface area (Å²) in [5.41, 5.74) is 4.17. The van der Waals surface area contributed by atoms with Crippen molar-refractivity contribution in [3.8, 4) is 0 Å². The third-order valence-corrected chi connectivity index (χ3v) is 7.79. The van der Waals surface area contributed by atoms with Crippen molar-refractivity contribution in [1.82, 2.24) is 4.98 Å². The summed E-state index contributed by atoms with van der Waals surface area (Å²) in [6, 6.07) is 10.5. The van der Waals surface area contributed by atoms with E-state index < -0.39 is 0 Å². The lowest BCUT2D eigenvalue weighted by Crippen LogP contribution is -2.38. The molecule has 2 aliphatic heterocycles. The van der Waals surface area contributed by atoms with E-state index in [0.29, 0.717) is 18.4 Å². The molecule has 6 rings (SSSR count). The van der Waals surface area contributed by atoms with Crippen LogP contribution in [0.4, 0.5) is 22.9 Å². The van der Waals surface area contributed by atoms with Gasteiger partial charge >= 0.3 is 0 Å². The van der Waals surface area contributed by atoms with E-state index in [1.807, 2.05) is 17.2 Å². The topological polar surface area (TPSA) is 57.7 Å². The molecule has 3 fully saturated rings. The van der Waals surface area contributed by atoms with Crippen molar-refractivity contribution >= 4 is 28.8 Å². The van der Waals surface area contributed by atoms with Crippen molar-refractivity contribution in [1.29, 1.82) is 0 Å². The van der Waals surface area contributed by atoms with Crippen LogP contribution in [0.5, 0.6) is 0 Å². The number of carbonyl (C=O) groups excluding carboxylic acids is 1. The number of morpholine rings is 1. The molecule has 1 aromatic heterocycles. The maximum atomic E-state index is 14.0. The molecule has 1 aromatic carbocycles. The van der Waals surface area contributed by atoms with E-state index in [0.717, 1.165) is 67.1 Å². The van der Waals surface area contributed by atoms with Crippen LogP contribution in [0.25, 0.3) is 0 Å². The van der Waals surface area contributed by atoms with E-state index in [2.05, 4.69) is 39.5 Å². The molecule has 1 saturated heterocycles. The van der Waals surface area contributed by atoms with Crippen LogP contribution in [0, 0.1) is 17.8 Å². The van der Waals surface area contributed by atoms with Gasteiger partial charge in [-0.05, 0) is 55.4 Å². The zero-order valence-corrected chi connectivity index (χ0v) is 17.9. The van der Waals surface area contributed by atoms with Gasteiger partial charge in [0.25, 0.3) is 0 Å². The number of pyridine rings is 1. The number of hydrogen-bond donors (Lipinski definition) is 1. The molecule has 2 aromatic rings. The van der Waals surface area contributed by atoms with E-state index in [1.165, 1.54) is 25.7 Å². The van der Waals surface area contributed by atoms with Gasteiger partial charge < -0.3 is 19.9 Å². The monoisotopic (exact) mass is 418 g/mol. The Labute approximate surface area is 183 Å². The highest BCUT2D eigenvalue weighted by Crippen LogP contribution is 2.49. The highest BCUT2D eigenvalue weighted by atomic mass is 16.5. The molecule has 0 unspecified atom stereocenters. The Morgan fingerprint density at radius 2 is 2.00 bits per heavy atom. The molecule has 4 aliphatic rings. The number of aromatic nitrogens is 1. The van der Waals surface area contributed by atoms with Crippen molar-refractivity contribution < 1.29 is 9.53 Å². The van der Waals surface area contributed by atoms with Gasteiger partial charge in [-0.15, -0.1) is 0 Å². The SMILES string of the molecule is O=C([C@@H]1CC[C@H]2CCC[C@H]21)N1Cc2cccnc2Nc2ccc(N3CCOCC3)cc21. The molecule has 1 amide bonds. The Bertz CT molecular complexity index is 987. The fourth-order valence-corrected chi connectivity index (χ4v) is 6.19. The van der Waals surface area contributed by atoms with Gasteiger partial charge in [0.15, 0.2) is 0 Å². The summed E-state index contributed by atoms with van der Waals surface area (Å²) >= 11 is 0. The third-order valence-electron chi connectivity index (χ3n) is 7.79. The lowest BCUT2D eigenvalue weighted by Gasteiger charge is -2.32. The van der Waals surface area contributed by atoms with Crippen LogP contribution in [0.2, 0.25) is 0 Å². The molecule has 2 saturated carbocycles. The summed E-state index contributed by atoms with van der Waals surface area (Å²) in [4.78, 5) is 23.0. The van der Waals surface area contributed by atoms with Gasteiger partial charge in [-0.3, -0.25) is 4.79 Å². The van der Waals surface area contributed by atoms with Crippen LogP contribution in [0.3, 0.4) is 0 Å². The van der Waals surface area contributed by atoms with E-state index >= 15 is 0 Å². The molecular weight excluding hydrogens is 388 g/mol. The minimum absolute atomic E-state index is 0.158. The molecule has 0 radical (unpaired) electrons. The van der Waals surface area contributed by atoms with Crippen LogP contribution in [0.15, 0.2) is 36.5 Å². The standard InChI is InChI=1S/C25H30N4O2/c30-25(21-8-6-17-3-1-5-20(17)21)29-16-18-4-2-10-26-24(18)27-22-9-7-19(15-23(22)29)28-11-13-31-14-12-28/h2,4,7,9-10,15,17,20-21H,1,3,5-6,8,11-14,16H2,(H,26,27)/t17-,20-,21-/m1/s1. The van der Waals surface area contributed by atoms with Gasteiger partial charge in [-0.1, -0.05) is 18.9 Å². The fraction of sp³-hybridized carbons (Fsp3) is 0.520. The van der Waals surface area contributed by atoms with Gasteiger partial charge in [0.1, 0.15) is 5.82 Å². The van der Waals surface area contributed by atoms with Gasteiger partial charge in [-0.25, -0.2) is 4.98 Å². The normalized spacial score (nSPS) is 27.2. The lowest BCUT2D eigenvalue weighted by atomic mass is 9.90. The predicted molar refractivity (Wildman–Crippen MR) is 122 cm³/mol. The zero-order chi connectivity index (χ0) is 20.8. The third kappa shape index (κ3) is 3.37. The molecule has 3 atom stereocenters. The first-order valence-corrected chi connectivity index (χ1v) is 11.8. The minimum atomic E-state index is 0.158. The van der Waals surface area contributed by atoms with E-state index in [1.54, 1.807) is 0 Å². The number of fused-ring (bicyclic) bond motifs is 3. The van der Waals surface area contributed by atoms with E-state index in [9.17, 15) is 4.79 Å². The van der Waals surface area contributed by atoms with Crippen LogP contribution in [-0.2, 0) is 16.1 Å². The predicted octanol–water partition coefficient (Wildman–Crippen LogP) is 4.33. The molecule has 1 N–H and O–H groups in total. The van der Waals surface area contributed by atoms with Crippen molar-refractivity contribution in [3.63, 3.8) is 0 Å². The molecule has 0 bridgehead atoms. The molecule has 31 heavy (non-hydrogen) atoms. The first kappa shape index (κ1) is 19.1. The fourth-order valence-electron chi connectivity index (χ4n) is 6.19. The Hall–Kier alpha value is -2.60. The van der Waals surface area contributed by atoms with Crippen molar-refractivity contribution in [2.45, 2.75) is 38.6 Å². The second kappa shape index (κ2) is 7.83. The molecule has 2 aliphatic carbocycles. The van der Waals surface area contributed by atoms with Crippen molar-refractivity contribution in [3.05, 3.63) is 42.1 Å². The zero-order valence-electron chi connectivity index (χ0n) is 17.9. The van der Waals surface area contributed by atoms with E-state index in [-0.39, 0.29) is 5.92 Å². The molecule has 3 heterocycles. The quantitative estimate of drug-likeness (QED) is 0.787. The molecular formula is C25H30N4O2. The summed E-state index contributed by atoms with van der Waals surface area (Å²) in [5.74, 6) is 2.64. The summed E-state index contributed by atoms with van der Waals surface area (Å²) in [7, 11) is 0. The van der Waals surface area contributed by atoms with Crippen LogP contribution < -0.4 is 15.1 Å². The summed E-state index contributed by atoms with van der Waals surface area (Å²) < 4.78 is 5.54. The highest BCUT2D eigenvalue weighted by Gasteiger charge is 2.44. The summed E-state index contributed by atoms with van der Waals surface area (Å²) in [5, 5.41) is 3.51. The largest absolute Gasteiger partial charge is 0.378 e. The van der Waals surface area contributed by atoms with Crippen molar-refractivity contribution in [2.75, 3.05) is 41.4 Å². The average Bonchev–Trinajstić information content (AvgIpc) is 3.39. The lowest BCUT2D eigenvalue weighted by molar-refractivity contribution is -0.123. The number of carbonyl (C=O) groups is 1. The number of amides is 1. The van der Waals surface area contributed by atoms with Crippen LogP contribution in [0.1, 0.15) is 37.7 Å². The second-order valence-corrected chi connectivity index (χ2v) is 9.40. The molecule has 162 valence electrons.